The van der Waals surface area contributed by atoms with Crippen LogP contribution in [0.5, 0.6) is 0 Å². The fourth-order valence-corrected chi connectivity index (χ4v) is 2.95. The minimum atomic E-state index is 0.0546. The van der Waals surface area contributed by atoms with E-state index in [1.807, 2.05) is 16.7 Å². The van der Waals surface area contributed by atoms with Gasteiger partial charge < -0.3 is 9.30 Å². The molecule has 0 N–H and O–H groups in total. The molecular weight excluding hydrogens is 366 g/mol. The number of hydrogen-bond donors (Lipinski definition) is 0. The van der Waals surface area contributed by atoms with Crippen molar-refractivity contribution in [2.24, 2.45) is 0 Å². The lowest BCUT2D eigenvalue weighted by Gasteiger charge is -2.06. The van der Waals surface area contributed by atoms with Crippen molar-refractivity contribution in [3.8, 4) is 0 Å². The number of methoxy groups -OCH3 is 1. The molecule has 0 amide bonds. The topological polar surface area (TPSA) is 57.0 Å². The quantitative estimate of drug-likeness (QED) is 0.398. The van der Waals surface area contributed by atoms with E-state index in [2.05, 4.69) is 32.7 Å². The summed E-state index contributed by atoms with van der Waals surface area (Å²) in [5.41, 5.74) is 0.683. The van der Waals surface area contributed by atoms with E-state index >= 15 is 0 Å². The largest absolute Gasteiger partial charge is 0.377 e. The van der Waals surface area contributed by atoms with E-state index < -0.39 is 0 Å². The van der Waals surface area contributed by atoms with Crippen molar-refractivity contribution in [3.05, 3.63) is 52.8 Å². The van der Waals surface area contributed by atoms with Gasteiger partial charge in [-0.15, -0.1) is 16.8 Å². The van der Waals surface area contributed by atoms with Gasteiger partial charge in [-0.25, -0.2) is 0 Å². The molecule has 0 aliphatic carbocycles. The minimum Gasteiger partial charge on any atom is -0.377 e. The monoisotopic (exact) mass is 381 g/mol. The van der Waals surface area contributed by atoms with Gasteiger partial charge in [-0.2, -0.15) is 0 Å². The lowest BCUT2D eigenvalue weighted by Crippen LogP contribution is -2.07. The number of thioether (sulfide) groups is 1. The maximum Gasteiger partial charge on any atom is 0.192 e. The number of ether oxygens (including phenoxy) is 1. The predicted molar refractivity (Wildman–Crippen MR) is 90.1 cm³/mol. The number of Topliss-reactive ketones (excluding diaryl/α,β-unsaturated/α-hetero) is 1. The van der Waals surface area contributed by atoms with Crippen LogP contribution in [0.2, 0.25) is 0 Å². The highest BCUT2D eigenvalue weighted by molar-refractivity contribution is 9.10. The first-order valence-corrected chi connectivity index (χ1v) is 8.37. The zero-order valence-corrected chi connectivity index (χ0v) is 14.6. The van der Waals surface area contributed by atoms with Crippen LogP contribution in [-0.4, -0.2) is 33.4 Å². The number of rotatable bonds is 8. The minimum absolute atomic E-state index is 0.0546. The molecule has 0 aliphatic heterocycles. The number of benzene rings is 1. The van der Waals surface area contributed by atoms with Crippen molar-refractivity contribution in [2.75, 3.05) is 12.9 Å². The summed E-state index contributed by atoms with van der Waals surface area (Å²) >= 11 is 4.72. The molecule has 116 valence electrons. The maximum absolute atomic E-state index is 12.2. The van der Waals surface area contributed by atoms with Gasteiger partial charge >= 0.3 is 0 Å². The van der Waals surface area contributed by atoms with E-state index in [1.54, 1.807) is 25.3 Å². The van der Waals surface area contributed by atoms with Gasteiger partial charge in [0.2, 0.25) is 0 Å². The molecular formula is C15H16BrN3O2S. The highest BCUT2D eigenvalue weighted by Crippen LogP contribution is 2.20. The number of halogens is 1. The first-order chi connectivity index (χ1) is 10.7. The first-order valence-electron chi connectivity index (χ1n) is 6.59. The van der Waals surface area contributed by atoms with Crippen LogP contribution in [0.25, 0.3) is 0 Å². The third kappa shape index (κ3) is 4.28. The van der Waals surface area contributed by atoms with Crippen LogP contribution in [0.3, 0.4) is 0 Å². The summed E-state index contributed by atoms with van der Waals surface area (Å²) in [5, 5.41) is 8.90. The lowest BCUT2D eigenvalue weighted by atomic mass is 10.2. The molecule has 0 bridgehead atoms. The third-order valence-corrected chi connectivity index (χ3v) is 4.37. The van der Waals surface area contributed by atoms with Crippen LogP contribution >= 0.6 is 27.7 Å². The van der Waals surface area contributed by atoms with Gasteiger partial charge in [-0.05, 0) is 12.1 Å². The highest BCUT2D eigenvalue weighted by Gasteiger charge is 2.14. The van der Waals surface area contributed by atoms with Gasteiger partial charge in [-0.1, -0.05) is 45.9 Å². The summed E-state index contributed by atoms with van der Waals surface area (Å²) in [5.74, 6) is 1.09. The Balaban J connectivity index is 2.05. The molecule has 0 spiro atoms. The van der Waals surface area contributed by atoms with Crippen LogP contribution in [0.4, 0.5) is 0 Å². The fraction of sp³-hybridized carbons (Fsp3) is 0.267. The summed E-state index contributed by atoms with van der Waals surface area (Å²) in [4.78, 5) is 12.2. The van der Waals surface area contributed by atoms with E-state index in [1.165, 1.54) is 11.8 Å². The zero-order chi connectivity index (χ0) is 15.9. The molecule has 0 atom stereocenters. The molecule has 0 saturated heterocycles. The Morgan fingerprint density at radius 2 is 2.14 bits per heavy atom. The van der Waals surface area contributed by atoms with Crippen LogP contribution in [0.1, 0.15) is 16.2 Å². The van der Waals surface area contributed by atoms with E-state index in [0.29, 0.717) is 29.6 Å². The van der Waals surface area contributed by atoms with Crippen LogP contribution in [-0.2, 0) is 17.9 Å². The molecule has 7 heteroatoms. The van der Waals surface area contributed by atoms with Crippen molar-refractivity contribution in [3.63, 3.8) is 0 Å². The average Bonchev–Trinajstić information content (AvgIpc) is 2.89. The third-order valence-electron chi connectivity index (χ3n) is 2.88. The van der Waals surface area contributed by atoms with Crippen molar-refractivity contribution < 1.29 is 9.53 Å². The number of carbonyl (C=O) groups is 1. The van der Waals surface area contributed by atoms with Crippen molar-refractivity contribution in [1.29, 1.82) is 0 Å². The molecule has 22 heavy (non-hydrogen) atoms. The second kappa shape index (κ2) is 8.26. The fourth-order valence-electron chi connectivity index (χ4n) is 1.82. The molecule has 0 radical (unpaired) electrons. The van der Waals surface area contributed by atoms with Crippen LogP contribution < -0.4 is 0 Å². The second-order valence-corrected chi connectivity index (χ2v) is 6.31. The number of nitrogens with zero attached hydrogens (tertiary/aromatic N) is 3. The Morgan fingerprint density at radius 1 is 1.41 bits per heavy atom. The Kier molecular flexibility index (Phi) is 6.35. The van der Waals surface area contributed by atoms with Gasteiger partial charge in [0.1, 0.15) is 6.61 Å². The Bertz CT molecular complexity index is 655. The number of ketones is 1. The summed E-state index contributed by atoms with van der Waals surface area (Å²) in [6.07, 6.45) is 1.77. The van der Waals surface area contributed by atoms with Gasteiger partial charge in [0, 0.05) is 23.7 Å². The van der Waals surface area contributed by atoms with Crippen LogP contribution in [0, 0.1) is 0 Å². The molecule has 0 unspecified atom stereocenters. The van der Waals surface area contributed by atoms with Crippen molar-refractivity contribution in [1.82, 2.24) is 14.8 Å². The first kappa shape index (κ1) is 16.9. The summed E-state index contributed by atoms with van der Waals surface area (Å²) in [7, 11) is 1.61. The standard InChI is InChI=1S/C15H16BrN3O2S/c1-3-8-19-14(9-21-2)17-18-15(19)22-10-13(20)11-4-6-12(16)7-5-11/h3-7H,1,8-10H2,2H3. The molecule has 1 heterocycles. The summed E-state index contributed by atoms with van der Waals surface area (Å²) in [6.45, 7) is 4.69. The molecule has 1 aromatic carbocycles. The van der Waals surface area contributed by atoms with E-state index in [4.69, 9.17) is 4.74 Å². The van der Waals surface area contributed by atoms with E-state index in [9.17, 15) is 4.79 Å². The van der Waals surface area contributed by atoms with Crippen LogP contribution in [0.15, 0.2) is 46.5 Å². The Labute approximate surface area is 141 Å². The van der Waals surface area contributed by atoms with Gasteiger partial charge in [0.05, 0.1) is 5.75 Å². The van der Waals surface area contributed by atoms with E-state index in [0.717, 1.165) is 10.3 Å². The molecule has 0 aliphatic rings. The summed E-state index contributed by atoms with van der Waals surface area (Å²) < 4.78 is 7.95. The SMILES string of the molecule is C=CCn1c(COC)nnc1SCC(=O)c1ccc(Br)cc1. The lowest BCUT2D eigenvalue weighted by molar-refractivity contribution is 0.102. The molecule has 2 rings (SSSR count). The predicted octanol–water partition coefficient (Wildman–Crippen LogP) is 3.35. The van der Waals surface area contributed by atoms with Gasteiger partial charge in [0.15, 0.2) is 16.8 Å². The molecule has 2 aromatic rings. The smallest absolute Gasteiger partial charge is 0.192 e. The number of carbonyl (C=O) groups excluding carboxylic acids is 1. The molecule has 5 nitrogen and oxygen atoms in total. The number of hydrogen-bond acceptors (Lipinski definition) is 5. The maximum atomic E-state index is 12.2. The van der Waals surface area contributed by atoms with E-state index in [-0.39, 0.29) is 5.78 Å². The Morgan fingerprint density at radius 3 is 2.77 bits per heavy atom. The van der Waals surface area contributed by atoms with Gasteiger partial charge in [-0.3, -0.25) is 4.79 Å². The normalized spacial score (nSPS) is 10.6. The van der Waals surface area contributed by atoms with Crippen molar-refractivity contribution >= 4 is 33.5 Å². The number of aromatic nitrogens is 3. The molecule has 0 saturated carbocycles. The summed E-state index contributed by atoms with van der Waals surface area (Å²) in [6, 6.07) is 7.32. The average molecular weight is 382 g/mol. The Hall–Kier alpha value is -1.44. The molecule has 1 aromatic heterocycles. The highest BCUT2D eigenvalue weighted by atomic mass is 79.9. The zero-order valence-electron chi connectivity index (χ0n) is 12.2. The number of allylic oxidation sites excluding steroid dienone is 1. The van der Waals surface area contributed by atoms with Gasteiger partial charge in [0.25, 0.3) is 0 Å². The molecule has 0 fully saturated rings. The van der Waals surface area contributed by atoms with Crippen molar-refractivity contribution in [2.45, 2.75) is 18.3 Å². The second-order valence-electron chi connectivity index (χ2n) is 4.45.